The minimum atomic E-state index is -0.642. The molecule has 2 aromatic carbocycles. The van der Waals surface area contributed by atoms with Crippen molar-refractivity contribution >= 4 is 10.8 Å². The Hall–Kier alpha value is -1.42. The summed E-state index contributed by atoms with van der Waals surface area (Å²) in [5.74, 6) is 0. The standard InChI is InChI=1S/C15H16O3/c16-15(14-10-17-8-9-18-14)13-7-3-5-11-4-1-2-6-12(11)13/h1-7,14-16H,8-10H2. The molecule has 1 aliphatic rings. The van der Waals surface area contributed by atoms with Gasteiger partial charge in [-0.05, 0) is 16.3 Å². The van der Waals surface area contributed by atoms with Crippen LogP contribution in [0.1, 0.15) is 11.7 Å². The molecule has 2 unspecified atom stereocenters. The first kappa shape index (κ1) is 11.7. The largest absolute Gasteiger partial charge is 0.386 e. The van der Waals surface area contributed by atoms with Gasteiger partial charge >= 0.3 is 0 Å². The third-order valence-corrected chi connectivity index (χ3v) is 3.34. The predicted octanol–water partition coefficient (Wildman–Crippen LogP) is 2.29. The summed E-state index contributed by atoms with van der Waals surface area (Å²) in [6.45, 7) is 1.61. The van der Waals surface area contributed by atoms with E-state index in [1.807, 2.05) is 42.5 Å². The molecule has 1 saturated heterocycles. The first-order valence-corrected chi connectivity index (χ1v) is 6.21. The van der Waals surface area contributed by atoms with Crippen LogP contribution in [0, 0.1) is 0 Å². The van der Waals surface area contributed by atoms with Crippen LogP contribution in [0.2, 0.25) is 0 Å². The Morgan fingerprint density at radius 1 is 1.06 bits per heavy atom. The molecule has 1 heterocycles. The second kappa shape index (κ2) is 5.06. The van der Waals surface area contributed by atoms with Crippen LogP contribution in [0.3, 0.4) is 0 Å². The summed E-state index contributed by atoms with van der Waals surface area (Å²) >= 11 is 0. The fourth-order valence-corrected chi connectivity index (χ4v) is 2.40. The molecule has 1 N–H and O–H groups in total. The van der Waals surface area contributed by atoms with E-state index in [1.165, 1.54) is 0 Å². The zero-order valence-electron chi connectivity index (χ0n) is 10.1. The monoisotopic (exact) mass is 244 g/mol. The molecule has 0 spiro atoms. The van der Waals surface area contributed by atoms with Gasteiger partial charge in [0.1, 0.15) is 12.2 Å². The molecule has 1 aliphatic heterocycles. The van der Waals surface area contributed by atoms with Gasteiger partial charge < -0.3 is 14.6 Å². The molecule has 2 atom stereocenters. The molecule has 3 rings (SSSR count). The summed E-state index contributed by atoms with van der Waals surface area (Å²) in [5.41, 5.74) is 0.906. The van der Waals surface area contributed by atoms with Crippen molar-refractivity contribution in [2.24, 2.45) is 0 Å². The third-order valence-electron chi connectivity index (χ3n) is 3.34. The topological polar surface area (TPSA) is 38.7 Å². The van der Waals surface area contributed by atoms with E-state index < -0.39 is 6.10 Å². The number of rotatable bonds is 2. The Labute approximate surface area is 106 Å². The van der Waals surface area contributed by atoms with Gasteiger partial charge in [-0.1, -0.05) is 42.5 Å². The summed E-state index contributed by atoms with van der Waals surface area (Å²) in [7, 11) is 0. The van der Waals surface area contributed by atoms with Crippen molar-refractivity contribution in [3.8, 4) is 0 Å². The van der Waals surface area contributed by atoms with Gasteiger partial charge in [0.15, 0.2) is 0 Å². The number of hydrogen-bond donors (Lipinski definition) is 1. The van der Waals surface area contributed by atoms with E-state index in [0.29, 0.717) is 19.8 Å². The van der Waals surface area contributed by atoms with Crippen molar-refractivity contribution in [2.75, 3.05) is 19.8 Å². The van der Waals surface area contributed by atoms with Gasteiger partial charge in [0, 0.05) is 0 Å². The van der Waals surface area contributed by atoms with Crippen LogP contribution in [0.25, 0.3) is 10.8 Å². The van der Waals surface area contributed by atoms with Crippen molar-refractivity contribution in [1.82, 2.24) is 0 Å². The average Bonchev–Trinajstić information content (AvgIpc) is 2.47. The van der Waals surface area contributed by atoms with Crippen molar-refractivity contribution in [2.45, 2.75) is 12.2 Å². The van der Waals surface area contributed by atoms with E-state index in [1.54, 1.807) is 0 Å². The summed E-state index contributed by atoms with van der Waals surface area (Å²) < 4.78 is 10.9. The number of aliphatic hydroxyl groups excluding tert-OH is 1. The SMILES string of the molecule is OC(c1cccc2ccccc12)C1COCCO1. The van der Waals surface area contributed by atoms with Crippen LogP contribution in [0.4, 0.5) is 0 Å². The maximum absolute atomic E-state index is 10.4. The van der Waals surface area contributed by atoms with Crippen molar-refractivity contribution < 1.29 is 14.6 Å². The van der Waals surface area contributed by atoms with Crippen LogP contribution in [-0.2, 0) is 9.47 Å². The highest BCUT2D eigenvalue weighted by molar-refractivity contribution is 5.86. The minimum Gasteiger partial charge on any atom is -0.386 e. The summed E-state index contributed by atoms with van der Waals surface area (Å²) in [5, 5.41) is 12.6. The van der Waals surface area contributed by atoms with E-state index >= 15 is 0 Å². The molecule has 0 aliphatic carbocycles. The van der Waals surface area contributed by atoms with Crippen molar-refractivity contribution in [1.29, 1.82) is 0 Å². The van der Waals surface area contributed by atoms with Crippen LogP contribution in [0.15, 0.2) is 42.5 Å². The van der Waals surface area contributed by atoms with Gasteiger partial charge in [0.25, 0.3) is 0 Å². The molecule has 94 valence electrons. The fraction of sp³-hybridized carbons (Fsp3) is 0.333. The lowest BCUT2D eigenvalue weighted by molar-refractivity contribution is -0.133. The van der Waals surface area contributed by atoms with Crippen LogP contribution in [-0.4, -0.2) is 31.0 Å². The quantitative estimate of drug-likeness (QED) is 0.881. The second-order valence-corrected chi connectivity index (χ2v) is 4.50. The minimum absolute atomic E-state index is 0.274. The Bertz CT molecular complexity index is 527. The number of fused-ring (bicyclic) bond motifs is 1. The maximum Gasteiger partial charge on any atom is 0.111 e. The van der Waals surface area contributed by atoms with Gasteiger partial charge in [0.2, 0.25) is 0 Å². The molecule has 0 amide bonds. The van der Waals surface area contributed by atoms with Gasteiger partial charge in [-0.2, -0.15) is 0 Å². The van der Waals surface area contributed by atoms with E-state index in [2.05, 4.69) is 0 Å². The van der Waals surface area contributed by atoms with Crippen molar-refractivity contribution in [3.63, 3.8) is 0 Å². The molecule has 0 saturated carbocycles. The molecule has 18 heavy (non-hydrogen) atoms. The molecular weight excluding hydrogens is 228 g/mol. The van der Waals surface area contributed by atoms with Gasteiger partial charge in [-0.3, -0.25) is 0 Å². The summed E-state index contributed by atoms with van der Waals surface area (Å²) in [6.07, 6.45) is -0.916. The Kier molecular flexibility index (Phi) is 3.28. The lowest BCUT2D eigenvalue weighted by atomic mass is 9.97. The maximum atomic E-state index is 10.4. The zero-order chi connectivity index (χ0) is 12.4. The summed E-state index contributed by atoms with van der Waals surface area (Å²) in [6, 6.07) is 14.0. The predicted molar refractivity (Wildman–Crippen MR) is 69.5 cm³/mol. The van der Waals surface area contributed by atoms with Gasteiger partial charge in [0.05, 0.1) is 19.8 Å². The molecular formula is C15H16O3. The number of hydrogen-bond acceptors (Lipinski definition) is 3. The van der Waals surface area contributed by atoms with Gasteiger partial charge in [-0.25, -0.2) is 0 Å². The molecule has 0 aromatic heterocycles. The summed E-state index contributed by atoms with van der Waals surface area (Å²) in [4.78, 5) is 0. The molecule has 3 nitrogen and oxygen atoms in total. The number of aliphatic hydroxyl groups is 1. The second-order valence-electron chi connectivity index (χ2n) is 4.50. The lowest BCUT2D eigenvalue weighted by Gasteiger charge is -2.28. The molecule has 3 heteroatoms. The van der Waals surface area contributed by atoms with E-state index in [0.717, 1.165) is 16.3 Å². The zero-order valence-corrected chi connectivity index (χ0v) is 10.1. The Balaban J connectivity index is 1.97. The number of ether oxygens (including phenoxy) is 2. The first-order chi connectivity index (χ1) is 8.86. The Morgan fingerprint density at radius 3 is 2.72 bits per heavy atom. The van der Waals surface area contributed by atoms with Crippen molar-refractivity contribution in [3.05, 3.63) is 48.0 Å². The third kappa shape index (κ3) is 2.12. The molecule has 0 bridgehead atoms. The highest BCUT2D eigenvalue weighted by Crippen LogP contribution is 2.28. The molecule has 2 aromatic rings. The van der Waals surface area contributed by atoms with Crippen LogP contribution >= 0.6 is 0 Å². The average molecular weight is 244 g/mol. The van der Waals surface area contributed by atoms with Crippen LogP contribution < -0.4 is 0 Å². The van der Waals surface area contributed by atoms with E-state index in [9.17, 15) is 5.11 Å². The molecule has 1 fully saturated rings. The highest BCUT2D eigenvalue weighted by atomic mass is 16.6. The first-order valence-electron chi connectivity index (χ1n) is 6.21. The van der Waals surface area contributed by atoms with Crippen LogP contribution in [0.5, 0.6) is 0 Å². The normalized spacial score (nSPS) is 21.9. The molecule has 0 radical (unpaired) electrons. The Morgan fingerprint density at radius 2 is 1.89 bits per heavy atom. The highest BCUT2D eigenvalue weighted by Gasteiger charge is 2.25. The number of benzene rings is 2. The van der Waals surface area contributed by atoms with Gasteiger partial charge in [-0.15, -0.1) is 0 Å². The lowest BCUT2D eigenvalue weighted by Crippen LogP contribution is -2.33. The van der Waals surface area contributed by atoms with E-state index in [-0.39, 0.29) is 6.10 Å². The smallest absolute Gasteiger partial charge is 0.111 e. The fourth-order valence-electron chi connectivity index (χ4n) is 2.40. The van der Waals surface area contributed by atoms with E-state index in [4.69, 9.17) is 9.47 Å².